The van der Waals surface area contributed by atoms with E-state index in [4.69, 9.17) is 14.7 Å². The Morgan fingerprint density at radius 1 is 0.750 bits per heavy atom. The second kappa shape index (κ2) is 13.5. The number of aromatic nitrogens is 4. The van der Waals surface area contributed by atoms with Gasteiger partial charge in [-0.05, 0) is 73.9 Å². The number of ether oxygens (including phenoxy) is 2. The Bertz CT molecular complexity index is 1850. The van der Waals surface area contributed by atoms with Gasteiger partial charge in [-0.3, -0.25) is 9.59 Å². The van der Waals surface area contributed by atoms with Gasteiger partial charge in [-0.1, -0.05) is 26.0 Å². The fourth-order valence-corrected chi connectivity index (χ4v) is 6.79. The van der Waals surface area contributed by atoms with Crippen LogP contribution in [0.2, 0.25) is 0 Å². The average Bonchev–Trinajstić information content (AvgIpc) is 3.90. The quantitative estimate of drug-likeness (QED) is 0.213. The van der Waals surface area contributed by atoms with Gasteiger partial charge in [0.25, 0.3) is 0 Å². The Morgan fingerprint density at radius 2 is 1.23 bits per heavy atom. The molecule has 4 atom stereocenters. The van der Waals surface area contributed by atoms with Crippen LogP contribution in [0.3, 0.4) is 0 Å². The fourth-order valence-electron chi connectivity index (χ4n) is 6.79. The van der Waals surface area contributed by atoms with E-state index >= 15 is 0 Å². The predicted octanol–water partition coefficient (Wildman–Crippen LogP) is 4.56. The number of hydrogen-bond donors (Lipinski definition) is 4. The molecule has 0 aliphatic carbocycles. The number of aromatic amines is 2. The van der Waals surface area contributed by atoms with Gasteiger partial charge in [-0.2, -0.15) is 0 Å². The van der Waals surface area contributed by atoms with Crippen LogP contribution in [0, 0.1) is 5.92 Å². The number of nitrogens with one attached hydrogen (secondary N) is 4. The molecule has 2 aromatic heterocycles. The molecule has 4 N–H and O–H groups in total. The number of methoxy groups -OCH3 is 2. The SMILES string of the molecule is COC(=O)N[C@@H](C)C(=O)N1CCC[C@H]1c1nc2ccc(-c3ccc4nc([C@@H]5CCCN5C(=O)[C@@H](NC(=O)OC)C(C)C)[nH]c4c3)cc2[nH]1. The van der Waals surface area contributed by atoms with Crippen molar-refractivity contribution >= 4 is 46.1 Å². The molecular weight excluding hydrogens is 616 g/mol. The molecule has 6 rings (SSSR count). The molecule has 2 aliphatic heterocycles. The Kier molecular flexibility index (Phi) is 9.24. The largest absolute Gasteiger partial charge is 0.453 e. The first kappa shape index (κ1) is 32.8. The summed E-state index contributed by atoms with van der Waals surface area (Å²) in [4.78, 5) is 70.5. The summed E-state index contributed by atoms with van der Waals surface area (Å²) in [5.74, 6) is 0.985. The molecule has 2 saturated heterocycles. The Hall–Kier alpha value is -5.14. The topological polar surface area (TPSA) is 175 Å². The number of H-pyrrole nitrogens is 2. The van der Waals surface area contributed by atoms with Crippen LogP contribution in [0.5, 0.6) is 0 Å². The molecule has 2 aliphatic rings. The molecule has 4 aromatic rings. The van der Waals surface area contributed by atoms with Gasteiger partial charge < -0.3 is 39.9 Å². The zero-order valence-corrected chi connectivity index (χ0v) is 27.8. The highest BCUT2D eigenvalue weighted by atomic mass is 16.5. The van der Waals surface area contributed by atoms with Crippen molar-refractivity contribution in [2.75, 3.05) is 27.3 Å². The molecule has 14 nitrogen and oxygen atoms in total. The molecule has 4 heterocycles. The highest BCUT2D eigenvalue weighted by Crippen LogP contribution is 2.35. The molecule has 0 unspecified atom stereocenters. The third-order valence-electron chi connectivity index (χ3n) is 9.32. The summed E-state index contributed by atoms with van der Waals surface area (Å²) < 4.78 is 9.40. The van der Waals surface area contributed by atoms with Crippen molar-refractivity contribution in [1.29, 1.82) is 0 Å². The van der Waals surface area contributed by atoms with E-state index in [0.29, 0.717) is 24.7 Å². The number of alkyl carbamates (subject to hydrolysis) is 2. The van der Waals surface area contributed by atoms with Gasteiger partial charge in [0, 0.05) is 13.1 Å². The highest BCUT2D eigenvalue weighted by Gasteiger charge is 2.38. The fraction of sp³-hybridized carbons (Fsp3) is 0.471. The van der Waals surface area contributed by atoms with Crippen molar-refractivity contribution in [3.05, 3.63) is 48.0 Å². The monoisotopic (exact) mass is 658 g/mol. The van der Waals surface area contributed by atoms with Gasteiger partial charge in [0.1, 0.15) is 23.7 Å². The van der Waals surface area contributed by atoms with E-state index in [1.54, 1.807) is 16.7 Å². The van der Waals surface area contributed by atoms with Crippen LogP contribution in [-0.4, -0.2) is 93.1 Å². The van der Waals surface area contributed by atoms with Gasteiger partial charge in [-0.15, -0.1) is 0 Å². The molecule has 254 valence electrons. The van der Waals surface area contributed by atoms with Gasteiger partial charge in [0.2, 0.25) is 11.8 Å². The smallest absolute Gasteiger partial charge is 0.407 e. The maximum absolute atomic E-state index is 13.6. The van der Waals surface area contributed by atoms with E-state index in [1.807, 2.05) is 50.2 Å². The summed E-state index contributed by atoms with van der Waals surface area (Å²) in [6.45, 7) is 6.61. The first-order valence-corrected chi connectivity index (χ1v) is 16.4. The number of carbonyl (C=O) groups excluding carboxylic acids is 4. The van der Waals surface area contributed by atoms with Crippen LogP contribution in [0.1, 0.15) is 70.2 Å². The molecule has 0 bridgehead atoms. The second-order valence-electron chi connectivity index (χ2n) is 12.8. The number of carbonyl (C=O) groups is 4. The average molecular weight is 659 g/mol. The van der Waals surface area contributed by atoms with E-state index < -0.39 is 24.3 Å². The lowest BCUT2D eigenvalue weighted by Crippen LogP contribution is -2.51. The standard InChI is InChI=1S/C34H42N8O6/c1-18(2)28(40-34(46)48-5)32(44)42-15-7-9-27(42)30-37-23-13-11-21(17-25(23)39-30)20-10-12-22-24(16-20)38-29(36-22)26-8-6-14-41(26)31(43)19(3)35-33(45)47-4/h10-13,16-19,26-28H,6-9,14-15H2,1-5H3,(H,35,45)(H,36,38)(H,37,39)(H,40,46)/t19-,26-,27-,28-/m0/s1. The van der Waals surface area contributed by atoms with Crippen molar-refractivity contribution in [3.63, 3.8) is 0 Å². The van der Waals surface area contributed by atoms with Crippen LogP contribution in [0.15, 0.2) is 36.4 Å². The minimum absolute atomic E-state index is 0.113. The molecule has 4 amide bonds. The summed E-state index contributed by atoms with van der Waals surface area (Å²) in [6, 6.07) is 10.2. The molecule has 48 heavy (non-hydrogen) atoms. The summed E-state index contributed by atoms with van der Waals surface area (Å²) in [5.41, 5.74) is 5.28. The van der Waals surface area contributed by atoms with E-state index in [-0.39, 0.29) is 29.8 Å². The maximum Gasteiger partial charge on any atom is 0.407 e. The van der Waals surface area contributed by atoms with Gasteiger partial charge in [0.15, 0.2) is 0 Å². The van der Waals surface area contributed by atoms with Crippen molar-refractivity contribution in [2.24, 2.45) is 5.92 Å². The van der Waals surface area contributed by atoms with Crippen molar-refractivity contribution in [1.82, 2.24) is 40.4 Å². The van der Waals surface area contributed by atoms with Gasteiger partial charge in [0.05, 0.1) is 48.4 Å². The number of fused-ring (bicyclic) bond motifs is 2. The first-order valence-electron chi connectivity index (χ1n) is 16.4. The van der Waals surface area contributed by atoms with E-state index in [9.17, 15) is 19.2 Å². The summed E-state index contributed by atoms with van der Waals surface area (Å²) in [7, 11) is 2.55. The lowest BCUT2D eigenvalue weighted by molar-refractivity contribution is -0.135. The number of benzene rings is 2. The first-order chi connectivity index (χ1) is 23.1. The zero-order chi connectivity index (χ0) is 34.1. The van der Waals surface area contributed by atoms with Gasteiger partial charge in [-0.25, -0.2) is 19.6 Å². The van der Waals surface area contributed by atoms with E-state index in [1.165, 1.54) is 14.2 Å². The van der Waals surface area contributed by atoms with Crippen LogP contribution >= 0.6 is 0 Å². The molecule has 0 saturated carbocycles. The normalized spacial score (nSPS) is 19.1. The van der Waals surface area contributed by atoms with Crippen LogP contribution in [-0.2, 0) is 19.1 Å². The third-order valence-corrected chi connectivity index (χ3v) is 9.32. The zero-order valence-electron chi connectivity index (χ0n) is 27.8. The van der Waals surface area contributed by atoms with Crippen molar-refractivity contribution < 1.29 is 28.7 Å². The molecule has 0 radical (unpaired) electrons. The van der Waals surface area contributed by atoms with Crippen LogP contribution < -0.4 is 10.6 Å². The molecule has 2 fully saturated rings. The number of hydrogen-bond acceptors (Lipinski definition) is 8. The molecule has 14 heteroatoms. The minimum atomic E-state index is -0.718. The van der Waals surface area contributed by atoms with E-state index in [0.717, 1.165) is 58.9 Å². The second-order valence-corrected chi connectivity index (χ2v) is 12.8. The lowest BCUT2D eigenvalue weighted by Gasteiger charge is -2.29. The van der Waals surface area contributed by atoms with Crippen molar-refractivity contribution in [2.45, 2.75) is 70.6 Å². The Morgan fingerprint density at radius 3 is 1.71 bits per heavy atom. The summed E-state index contributed by atoms with van der Waals surface area (Å²) in [5, 5.41) is 5.25. The predicted molar refractivity (Wildman–Crippen MR) is 178 cm³/mol. The summed E-state index contributed by atoms with van der Waals surface area (Å²) in [6.07, 6.45) is 1.94. The van der Waals surface area contributed by atoms with E-state index in [2.05, 4.69) is 25.3 Å². The summed E-state index contributed by atoms with van der Waals surface area (Å²) >= 11 is 0. The molecule has 0 spiro atoms. The van der Waals surface area contributed by atoms with Crippen LogP contribution in [0.25, 0.3) is 33.2 Å². The highest BCUT2D eigenvalue weighted by molar-refractivity contribution is 5.89. The number of amides is 4. The van der Waals surface area contributed by atoms with Crippen LogP contribution in [0.4, 0.5) is 9.59 Å². The Balaban J connectivity index is 1.21. The number of rotatable bonds is 8. The number of nitrogens with zero attached hydrogens (tertiary/aromatic N) is 4. The van der Waals surface area contributed by atoms with Crippen molar-refractivity contribution in [3.8, 4) is 11.1 Å². The molecular formula is C34H42N8O6. The maximum atomic E-state index is 13.6. The van der Waals surface area contributed by atoms with Gasteiger partial charge >= 0.3 is 12.2 Å². The third kappa shape index (κ3) is 6.38. The lowest BCUT2D eigenvalue weighted by atomic mass is 10.0. The minimum Gasteiger partial charge on any atom is -0.453 e. The molecule has 2 aromatic carbocycles. The Labute approximate surface area is 277 Å². The number of likely N-dealkylation sites (tertiary alicyclic amines) is 2. The number of imidazole rings is 2.